The highest BCUT2D eigenvalue weighted by atomic mass is 16.5. The summed E-state index contributed by atoms with van der Waals surface area (Å²) in [6, 6.07) is 21.8. The fraction of sp³-hybridized carbons (Fsp3) is 0.343. The lowest BCUT2D eigenvalue weighted by molar-refractivity contribution is -0.149. The number of nitrogens with zero attached hydrogens (tertiary/aromatic N) is 3. The number of rotatable bonds is 13. The van der Waals surface area contributed by atoms with E-state index < -0.39 is 0 Å². The van der Waals surface area contributed by atoms with Crippen molar-refractivity contribution < 1.29 is 23.7 Å². The van der Waals surface area contributed by atoms with Crippen molar-refractivity contribution in [3.05, 3.63) is 84.1 Å². The minimum atomic E-state index is -0.146. The Morgan fingerprint density at radius 2 is 1.60 bits per heavy atom. The Morgan fingerprint density at radius 3 is 2.28 bits per heavy atom. The van der Waals surface area contributed by atoms with Crippen molar-refractivity contribution in [3.8, 4) is 39.8 Å². The lowest BCUT2D eigenvalue weighted by Crippen LogP contribution is -2.22. The molecule has 43 heavy (non-hydrogen) atoms. The molecule has 0 N–H and O–H groups in total. The van der Waals surface area contributed by atoms with Gasteiger partial charge in [0.2, 0.25) is 0 Å². The molecule has 0 saturated carbocycles. The van der Waals surface area contributed by atoms with E-state index in [0.29, 0.717) is 18.9 Å². The van der Waals surface area contributed by atoms with E-state index in [9.17, 15) is 4.79 Å². The molecule has 0 aliphatic heterocycles. The first-order valence-corrected chi connectivity index (χ1v) is 14.8. The van der Waals surface area contributed by atoms with Crippen LogP contribution in [0.5, 0.6) is 17.2 Å². The number of aromatic nitrogens is 2. The second-order valence-electron chi connectivity index (χ2n) is 10.6. The molecule has 0 radical (unpaired) electrons. The molecule has 1 aromatic heterocycles. The molecule has 1 aliphatic carbocycles. The highest BCUT2D eigenvalue weighted by molar-refractivity contribution is 5.77. The minimum absolute atomic E-state index is 0.125. The molecule has 1 atom stereocenters. The molecule has 3 aromatic carbocycles. The van der Waals surface area contributed by atoms with Gasteiger partial charge in [-0.05, 0) is 90.9 Å². The third-order valence-electron chi connectivity index (χ3n) is 7.65. The van der Waals surface area contributed by atoms with Gasteiger partial charge in [0.05, 0.1) is 20.8 Å². The van der Waals surface area contributed by atoms with Gasteiger partial charge in [-0.1, -0.05) is 25.1 Å². The van der Waals surface area contributed by atoms with Crippen molar-refractivity contribution in [1.82, 2.24) is 9.97 Å². The summed E-state index contributed by atoms with van der Waals surface area (Å²) in [4.78, 5) is 23.8. The predicted octanol–water partition coefficient (Wildman–Crippen LogP) is 7.06. The smallest absolute Gasteiger partial charge is 0.306 e. The van der Waals surface area contributed by atoms with Gasteiger partial charge in [-0.3, -0.25) is 4.79 Å². The molecule has 224 valence electrons. The van der Waals surface area contributed by atoms with Gasteiger partial charge in [-0.15, -0.1) is 0 Å². The molecule has 0 saturated heterocycles. The maximum absolute atomic E-state index is 12.0. The summed E-state index contributed by atoms with van der Waals surface area (Å²) in [6.07, 6.45) is 5.51. The van der Waals surface area contributed by atoms with Gasteiger partial charge in [0.25, 0.3) is 0 Å². The summed E-state index contributed by atoms with van der Waals surface area (Å²) in [7, 11) is 5.36. The summed E-state index contributed by atoms with van der Waals surface area (Å²) in [5.74, 6) is 3.78. The maximum Gasteiger partial charge on any atom is 0.306 e. The number of anilines is 1. The average molecular weight is 582 g/mol. The molecule has 0 unspecified atom stereocenters. The van der Waals surface area contributed by atoms with Crippen LogP contribution in [0.15, 0.2) is 72.9 Å². The van der Waals surface area contributed by atoms with Crippen LogP contribution in [0.4, 0.5) is 5.82 Å². The molecule has 4 aromatic rings. The van der Waals surface area contributed by atoms with Gasteiger partial charge in [0.1, 0.15) is 29.2 Å². The first kappa shape index (κ1) is 29.9. The summed E-state index contributed by atoms with van der Waals surface area (Å²) >= 11 is 0. The van der Waals surface area contributed by atoms with Crippen molar-refractivity contribution in [2.45, 2.75) is 45.1 Å². The second kappa shape index (κ2) is 14.1. The zero-order valence-electron chi connectivity index (χ0n) is 25.3. The van der Waals surface area contributed by atoms with Crippen LogP contribution in [0.2, 0.25) is 0 Å². The minimum Gasteiger partial charge on any atom is -0.497 e. The molecule has 0 fully saturated rings. The van der Waals surface area contributed by atoms with E-state index >= 15 is 0 Å². The van der Waals surface area contributed by atoms with Crippen LogP contribution in [0.3, 0.4) is 0 Å². The molecular weight excluding hydrogens is 542 g/mol. The van der Waals surface area contributed by atoms with Crippen molar-refractivity contribution in [3.63, 3.8) is 0 Å². The van der Waals surface area contributed by atoms with Crippen LogP contribution in [0.1, 0.15) is 49.8 Å². The summed E-state index contributed by atoms with van der Waals surface area (Å²) in [5, 5.41) is 0. The Morgan fingerprint density at radius 1 is 0.930 bits per heavy atom. The molecule has 8 heteroatoms. The second-order valence-corrected chi connectivity index (χ2v) is 10.6. The lowest BCUT2D eigenvalue weighted by atomic mass is 10.1. The van der Waals surface area contributed by atoms with Gasteiger partial charge in [-0.2, -0.15) is 0 Å². The van der Waals surface area contributed by atoms with Crippen LogP contribution in [-0.4, -0.2) is 50.4 Å². The number of hydrogen-bond donors (Lipinski definition) is 0. The average Bonchev–Trinajstić information content (AvgIpc) is 3.44. The number of hydrogen-bond acceptors (Lipinski definition) is 8. The Bertz CT molecular complexity index is 1520. The number of benzene rings is 3. The number of esters is 1. The fourth-order valence-corrected chi connectivity index (χ4v) is 5.30. The highest BCUT2D eigenvalue weighted by Crippen LogP contribution is 2.36. The van der Waals surface area contributed by atoms with Crippen molar-refractivity contribution >= 4 is 11.8 Å². The number of fused-ring (bicyclic) bond motifs is 1. The molecule has 1 heterocycles. The lowest BCUT2D eigenvalue weighted by Gasteiger charge is -2.22. The molecule has 0 spiro atoms. The third kappa shape index (κ3) is 7.25. The van der Waals surface area contributed by atoms with Crippen LogP contribution < -0.4 is 19.1 Å². The van der Waals surface area contributed by atoms with E-state index in [1.807, 2.05) is 80.8 Å². The monoisotopic (exact) mass is 581 g/mol. The van der Waals surface area contributed by atoms with Gasteiger partial charge >= 0.3 is 5.97 Å². The van der Waals surface area contributed by atoms with E-state index in [0.717, 1.165) is 77.5 Å². The molecular formula is C35H39N3O5. The van der Waals surface area contributed by atoms with Crippen molar-refractivity contribution in [1.29, 1.82) is 0 Å². The quantitative estimate of drug-likeness (QED) is 0.123. The first-order chi connectivity index (χ1) is 21.0. The Kier molecular flexibility index (Phi) is 9.77. The summed E-state index contributed by atoms with van der Waals surface area (Å²) in [5.41, 5.74) is 5.16. The largest absolute Gasteiger partial charge is 0.497 e. The van der Waals surface area contributed by atoms with Crippen LogP contribution in [0.25, 0.3) is 22.5 Å². The number of carbonyl (C=O) groups is 1. The van der Waals surface area contributed by atoms with Gasteiger partial charge < -0.3 is 23.8 Å². The highest BCUT2D eigenvalue weighted by Gasteiger charge is 2.26. The zero-order chi connectivity index (χ0) is 30.2. The van der Waals surface area contributed by atoms with E-state index in [1.54, 1.807) is 14.2 Å². The zero-order valence-corrected chi connectivity index (χ0v) is 25.3. The predicted molar refractivity (Wildman–Crippen MR) is 168 cm³/mol. The van der Waals surface area contributed by atoms with Crippen LogP contribution >= 0.6 is 0 Å². The SMILES string of the molecule is CCCC(=O)O[C@H]1CCc2cc(OCCCN(C)c3nc(-c4ccc(OC)cc4)ncc3-c3ccc(OC)cc3)ccc21. The molecule has 8 nitrogen and oxygen atoms in total. The normalized spacial score (nSPS) is 13.7. The first-order valence-electron chi connectivity index (χ1n) is 14.8. The van der Waals surface area contributed by atoms with Crippen molar-refractivity contribution in [2.75, 3.05) is 39.3 Å². The fourth-order valence-electron chi connectivity index (χ4n) is 5.30. The third-order valence-corrected chi connectivity index (χ3v) is 7.65. The Hall–Kier alpha value is -4.59. The summed E-state index contributed by atoms with van der Waals surface area (Å²) < 4.78 is 22.5. The number of methoxy groups -OCH3 is 2. The van der Waals surface area contributed by atoms with Gasteiger partial charge in [-0.25, -0.2) is 9.97 Å². The number of aryl methyl sites for hydroxylation is 1. The Balaban J connectivity index is 1.26. The number of carbonyl (C=O) groups excluding carboxylic acids is 1. The standard InChI is InChI=1S/C35H39N3O5/c1-5-7-33(39)43-32-19-12-26-22-29(17-18-30(26)32)42-21-6-20-38(2)35-31(24-8-13-27(40-3)14-9-24)23-36-34(37-35)25-10-15-28(41-4)16-11-25/h8-11,13-18,22-23,32H,5-7,12,19-21H2,1-4H3/t32-/m0/s1. The number of ether oxygens (including phenoxy) is 4. The van der Waals surface area contributed by atoms with Crippen LogP contribution in [-0.2, 0) is 16.0 Å². The van der Waals surface area contributed by atoms with Gasteiger partial charge in [0.15, 0.2) is 5.82 Å². The Labute approximate surface area is 253 Å². The molecule has 0 bridgehead atoms. The molecule has 0 amide bonds. The van der Waals surface area contributed by atoms with E-state index in [1.165, 1.54) is 5.56 Å². The van der Waals surface area contributed by atoms with E-state index in [4.69, 9.17) is 28.9 Å². The molecule has 5 rings (SSSR count). The summed E-state index contributed by atoms with van der Waals surface area (Å²) in [6.45, 7) is 3.29. The van der Waals surface area contributed by atoms with Gasteiger partial charge in [0, 0.05) is 37.3 Å². The van der Waals surface area contributed by atoms with Crippen molar-refractivity contribution in [2.24, 2.45) is 0 Å². The van der Waals surface area contributed by atoms with E-state index in [-0.39, 0.29) is 12.1 Å². The van der Waals surface area contributed by atoms with Crippen LogP contribution in [0, 0.1) is 0 Å². The maximum atomic E-state index is 12.0. The molecule has 1 aliphatic rings. The van der Waals surface area contributed by atoms with E-state index in [2.05, 4.69) is 11.0 Å². The topological polar surface area (TPSA) is 83.0 Å².